The Morgan fingerprint density at radius 3 is 2.11 bits per heavy atom. The van der Waals surface area contributed by atoms with Crippen molar-refractivity contribution in [2.24, 2.45) is 11.8 Å². The zero-order chi connectivity index (χ0) is 39.6. The number of nitrogens with zero attached hydrogens (tertiary/aromatic N) is 7. The number of carbonyl (C=O) groups is 5. The lowest BCUT2D eigenvalue weighted by atomic mass is 9.92. The standard InChI is InChI=1S/C42H46ClN9O5/c1-44-35-6-3-30(25-34(35)43)50-18-13-28(14-19-50)39(54)46-37-8-4-31(26-45-37)51-22-20-48(21-23-51)15-10-27-11-16-49(17-12-27)29-2-5-32-33(24-29)42(57)52(41(32)56)36-7-9-38(53)47-40(36)55/h2-6,8,24-28,36H,7,9-23H2,(H,45,46,54)(H,47,53,55). The summed E-state index contributed by atoms with van der Waals surface area (Å²) in [5, 5.41) is 5.71. The molecule has 4 fully saturated rings. The number of imide groups is 2. The summed E-state index contributed by atoms with van der Waals surface area (Å²) in [5.41, 5.74) is 4.00. The Labute approximate surface area is 336 Å². The summed E-state index contributed by atoms with van der Waals surface area (Å²) in [6.07, 6.45) is 6.78. The van der Waals surface area contributed by atoms with Crippen molar-refractivity contribution >= 4 is 69.7 Å². The van der Waals surface area contributed by atoms with Crippen LogP contribution in [-0.2, 0) is 14.4 Å². The summed E-state index contributed by atoms with van der Waals surface area (Å²) in [6, 6.07) is 13.8. The molecule has 0 aliphatic carbocycles. The van der Waals surface area contributed by atoms with Crippen molar-refractivity contribution in [1.29, 1.82) is 0 Å². The Morgan fingerprint density at radius 2 is 1.44 bits per heavy atom. The highest BCUT2D eigenvalue weighted by molar-refractivity contribution is 6.33. The third-order valence-corrected chi connectivity index (χ3v) is 12.6. The van der Waals surface area contributed by atoms with E-state index in [0.717, 1.165) is 113 Å². The molecule has 8 rings (SSSR count). The summed E-state index contributed by atoms with van der Waals surface area (Å²) in [5.74, 6) is -0.868. The second kappa shape index (κ2) is 16.5. The number of anilines is 4. The van der Waals surface area contributed by atoms with Crippen LogP contribution in [0.25, 0.3) is 4.85 Å². The predicted molar refractivity (Wildman–Crippen MR) is 217 cm³/mol. The summed E-state index contributed by atoms with van der Waals surface area (Å²) in [6.45, 7) is 15.2. The number of hydrogen-bond donors (Lipinski definition) is 2. The molecule has 15 heteroatoms. The molecule has 1 aromatic heterocycles. The molecule has 1 atom stereocenters. The minimum Gasteiger partial charge on any atom is -0.372 e. The van der Waals surface area contributed by atoms with Crippen LogP contribution in [-0.4, -0.2) is 109 Å². The van der Waals surface area contributed by atoms with Gasteiger partial charge < -0.3 is 20.0 Å². The number of piperidine rings is 3. The maximum atomic E-state index is 13.3. The Bertz CT molecular complexity index is 2100. The first-order valence-electron chi connectivity index (χ1n) is 19.9. The average molecular weight is 792 g/mol. The van der Waals surface area contributed by atoms with Crippen LogP contribution in [0.5, 0.6) is 0 Å². The van der Waals surface area contributed by atoms with Crippen LogP contribution in [0, 0.1) is 18.4 Å². The Hall–Kier alpha value is -5.52. The number of halogens is 1. The van der Waals surface area contributed by atoms with Crippen LogP contribution in [0.3, 0.4) is 0 Å². The number of rotatable bonds is 9. The van der Waals surface area contributed by atoms with Crippen molar-refractivity contribution in [3.05, 3.63) is 82.3 Å². The van der Waals surface area contributed by atoms with Crippen LogP contribution >= 0.6 is 11.6 Å². The maximum Gasteiger partial charge on any atom is 0.262 e. The van der Waals surface area contributed by atoms with E-state index >= 15 is 0 Å². The highest BCUT2D eigenvalue weighted by Gasteiger charge is 2.45. The number of hydrogen-bond acceptors (Lipinski definition) is 10. The zero-order valence-corrected chi connectivity index (χ0v) is 32.5. The molecule has 6 heterocycles. The van der Waals surface area contributed by atoms with Crippen LogP contribution < -0.4 is 25.3 Å². The SMILES string of the molecule is [C-]#[N+]c1ccc(N2CCC(C(=O)Nc3ccc(N4CCN(CCC5CCN(c6ccc7c(c6)C(=O)N(C6CCC(=O)NC6=O)C7=O)CC5)CC4)cn3)CC2)cc1Cl. The number of piperazine rings is 1. The molecule has 0 spiro atoms. The zero-order valence-electron chi connectivity index (χ0n) is 31.8. The van der Waals surface area contributed by atoms with Crippen LogP contribution in [0.15, 0.2) is 54.7 Å². The van der Waals surface area contributed by atoms with E-state index in [-0.39, 0.29) is 30.6 Å². The number of aromatic nitrogens is 1. The first-order valence-corrected chi connectivity index (χ1v) is 20.3. The first kappa shape index (κ1) is 38.4. The van der Waals surface area contributed by atoms with E-state index in [1.54, 1.807) is 18.2 Å². The lowest BCUT2D eigenvalue weighted by Crippen LogP contribution is -2.54. The van der Waals surface area contributed by atoms with Crippen molar-refractivity contribution < 1.29 is 24.0 Å². The van der Waals surface area contributed by atoms with E-state index in [1.807, 2.05) is 36.5 Å². The summed E-state index contributed by atoms with van der Waals surface area (Å²) >= 11 is 6.24. The van der Waals surface area contributed by atoms with Crippen molar-refractivity contribution in [2.45, 2.75) is 51.0 Å². The van der Waals surface area contributed by atoms with Gasteiger partial charge in [0.15, 0.2) is 0 Å². The van der Waals surface area contributed by atoms with Crippen molar-refractivity contribution in [1.82, 2.24) is 20.1 Å². The molecule has 5 aliphatic heterocycles. The quantitative estimate of drug-likeness (QED) is 0.225. The van der Waals surface area contributed by atoms with Gasteiger partial charge in [0.2, 0.25) is 23.4 Å². The number of amides is 5. The molecule has 1 unspecified atom stereocenters. The van der Waals surface area contributed by atoms with Gasteiger partial charge in [0.1, 0.15) is 11.9 Å². The van der Waals surface area contributed by atoms with Gasteiger partial charge in [0.05, 0.1) is 29.6 Å². The Morgan fingerprint density at radius 1 is 0.789 bits per heavy atom. The monoisotopic (exact) mass is 791 g/mol. The van der Waals surface area contributed by atoms with E-state index in [0.29, 0.717) is 33.6 Å². The third-order valence-electron chi connectivity index (χ3n) is 12.3. The lowest BCUT2D eigenvalue weighted by molar-refractivity contribution is -0.136. The number of nitrogens with one attached hydrogen (secondary N) is 2. The van der Waals surface area contributed by atoms with Crippen LogP contribution in [0.1, 0.15) is 65.7 Å². The molecule has 57 heavy (non-hydrogen) atoms. The van der Waals surface area contributed by atoms with E-state index in [4.69, 9.17) is 18.2 Å². The van der Waals surface area contributed by atoms with Gasteiger partial charge in [-0.15, -0.1) is 0 Å². The van der Waals surface area contributed by atoms with Gasteiger partial charge in [0.25, 0.3) is 11.8 Å². The van der Waals surface area contributed by atoms with Crippen molar-refractivity contribution in [2.75, 3.05) is 78.9 Å². The molecule has 2 N–H and O–H groups in total. The van der Waals surface area contributed by atoms with Crippen LogP contribution in [0.2, 0.25) is 5.02 Å². The predicted octanol–water partition coefficient (Wildman–Crippen LogP) is 4.97. The number of pyridine rings is 1. The number of benzene rings is 2. The van der Waals surface area contributed by atoms with E-state index in [9.17, 15) is 24.0 Å². The molecule has 4 saturated heterocycles. The lowest BCUT2D eigenvalue weighted by Gasteiger charge is -2.38. The molecule has 2 aromatic carbocycles. The smallest absolute Gasteiger partial charge is 0.262 e. The molecule has 0 saturated carbocycles. The minimum atomic E-state index is -0.965. The Balaban J connectivity index is 0.743. The highest BCUT2D eigenvalue weighted by atomic mass is 35.5. The molecule has 296 valence electrons. The molecule has 0 bridgehead atoms. The van der Waals surface area contributed by atoms with Crippen molar-refractivity contribution in [3.63, 3.8) is 0 Å². The van der Waals surface area contributed by atoms with E-state index in [1.165, 1.54) is 0 Å². The highest BCUT2D eigenvalue weighted by Crippen LogP contribution is 2.34. The summed E-state index contributed by atoms with van der Waals surface area (Å²) in [4.78, 5) is 81.9. The van der Waals surface area contributed by atoms with Crippen LogP contribution in [0.4, 0.5) is 28.6 Å². The normalized spacial score (nSPS) is 21.1. The third kappa shape index (κ3) is 8.17. The Kier molecular flexibility index (Phi) is 11.1. The average Bonchev–Trinajstić information content (AvgIpc) is 3.48. The molecule has 3 aromatic rings. The fourth-order valence-corrected chi connectivity index (χ4v) is 9.01. The first-order chi connectivity index (χ1) is 27.6. The second-order valence-corrected chi connectivity index (χ2v) is 16.0. The van der Waals surface area contributed by atoms with Gasteiger partial charge >= 0.3 is 0 Å². The van der Waals surface area contributed by atoms with Gasteiger partial charge in [-0.05, 0) is 93.5 Å². The van der Waals surface area contributed by atoms with Crippen molar-refractivity contribution in [3.8, 4) is 0 Å². The van der Waals surface area contributed by atoms with Gasteiger partial charge in [-0.1, -0.05) is 17.7 Å². The molecule has 5 aliphatic rings. The second-order valence-electron chi connectivity index (χ2n) is 15.6. The summed E-state index contributed by atoms with van der Waals surface area (Å²) < 4.78 is 0. The van der Waals surface area contributed by atoms with Gasteiger partial charge in [-0.2, -0.15) is 0 Å². The number of fused-ring (bicyclic) bond motifs is 1. The molecular weight excluding hydrogens is 746 g/mol. The fraction of sp³-hybridized carbons (Fsp3) is 0.452. The van der Waals surface area contributed by atoms with Gasteiger partial charge in [-0.3, -0.25) is 39.1 Å². The fourth-order valence-electron chi connectivity index (χ4n) is 8.79. The van der Waals surface area contributed by atoms with Gasteiger partial charge in [-0.25, -0.2) is 9.83 Å². The minimum absolute atomic E-state index is 0.00641. The number of carbonyl (C=O) groups excluding carboxylic acids is 5. The molecule has 14 nitrogen and oxygen atoms in total. The summed E-state index contributed by atoms with van der Waals surface area (Å²) in [7, 11) is 0. The molecular formula is C42H46ClN9O5. The maximum absolute atomic E-state index is 13.3. The molecule has 0 radical (unpaired) electrons. The topological polar surface area (TPSA) is 143 Å². The largest absolute Gasteiger partial charge is 0.372 e. The van der Waals surface area contributed by atoms with E-state index in [2.05, 4.69) is 40.1 Å². The molecule has 5 amide bonds. The van der Waals surface area contributed by atoms with E-state index < -0.39 is 23.8 Å². The van der Waals surface area contributed by atoms with Gasteiger partial charge in [0, 0.05) is 81.1 Å².